The largest absolute Gasteiger partial charge is 0.480 e. The lowest BCUT2D eigenvalue weighted by molar-refractivity contribution is -0.137. The number of anilines is 2. The van der Waals surface area contributed by atoms with E-state index in [-0.39, 0.29) is 0 Å². The van der Waals surface area contributed by atoms with Crippen molar-refractivity contribution in [3.63, 3.8) is 0 Å². The van der Waals surface area contributed by atoms with Gasteiger partial charge in [0.05, 0.1) is 6.54 Å². The van der Waals surface area contributed by atoms with Gasteiger partial charge >= 0.3 is 5.97 Å². The average Bonchev–Trinajstić information content (AvgIpc) is 3.46. The lowest BCUT2D eigenvalue weighted by atomic mass is 10.0. The molecule has 1 atom stereocenters. The van der Waals surface area contributed by atoms with E-state index in [0.29, 0.717) is 30.6 Å². The van der Waals surface area contributed by atoms with Crippen LogP contribution in [0.4, 0.5) is 11.6 Å². The molecule has 2 aromatic carbocycles. The molecule has 0 saturated heterocycles. The van der Waals surface area contributed by atoms with Gasteiger partial charge in [-0.2, -0.15) is 5.10 Å². The average molecular weight is 446 g/mol. The van der Waals surface area contributed by atoms with Crippen LogP contribution in [0.15, 0.2) is 48.8 Å². The van der Waals surface area contributed by atoms with E-state index in [1.165, 1.54) is 0 Å². The minimum absolute atomic E-state index is 0.356. The molecular weight excluding hydrogens is 418 g/mol. The predicted octanol–water partition coefficient (Wildman–Crippen LogP) is 3.84. The molecule has 5 N–H and O–H groups in total. The first-order valence-electron chi connectivity index (χ1n) is 10.7. The molecule has 4 aromatic rings. The van der Waals surface area contributed by atoms with Gasteiger partial charge in [0.1, 0.15) is 11.9 Å². The van der Waals surface area contributed by atoms with E-state index in [4.69, 9.17) is 0 Å². The number of aromatic nitrogens is 5. The summed E-state index contributed by atoms with van der Waals surface area (Å²) in [6.07, 6.45) is 3.77. The molecule has 9 heteroatoms. The third-order valence-corrected chi connectivity index (χ3v) is 5.40. The first-order valence-corrected chi connectivity index (χ1v) is 10.7. The molecule has 4 rings (SSSR count). The van der Waals surface area contributed by atoms with E-state index in [9.17, 15) is 9.90 Å². The Kier molecular flexibility index (Phi) is 6.39. The van der Waals surface area contributed by atoms with Crippen LogP contribution in [0.5, 0.6) is 0 Å². The summed E-state index contributed by atoms with van der Waals surface area (Å²) >= 11 is 0. The number of hydrogen-bond donors (Lipinski definition) is 5. The quantitative estimate of drug-likeness (QED) is 0.264. The molecule has 0 amide bonds. The lowest BCUT2D eigenvalue weighted by Gasteiger charge is -2.20. The summed E-state index contributed by atoms with van der Waals surface area (Å²) in [5.74, 6) is 1.04. The van der Waals surface area contributed by atoms with Gasteiger partial charge in [0.15, 0.2) is 11.8 Å². The van der Waals surface area contributed by atoms with Crippen LogP contribution in [-0.4, -0.2) is 42.3 Å². The van der Waals surface area contributed by atoms with Crippen LogP contribution in [0.25, 0.3) is 11.4 Å². The highest BCUT2D eigenvalue weighted by Gasteiger charge is 2.20. The van der Waals surface area contributed by atoms with Crippen molar-refractivity contribution in [3.8, 4) is 11.4 Å². The number of aryl methyl sites for hydroxylation is 3. The number of hydrogen-bond acceptors (Lipinski definition) is 6. The normalized spacial score (nSPS) is 11.8. The van der Waals surface area contributed by atoms with Crippen LogP contribution in [0.2, 0.25) is 0 Å². The Bertz CT molecular complexity index is 1210. The number of nitrogens with one attached hydrogen (secondary N) is 4. The van der Waals surface area contributed by atoms with Crippen molar-refractivity contribution in [2.24, 2.45) is 0 Å². The van der Waals surface area contributed by atoms with Crippen molar-refractivity contribution in [2.75, 3.05) is 10.6 Å². The second-order valence-corrected chi connectivity index (χ2v) is 8.11. The number of aliphatic carboxylic acids is 1. The van der Waals surface area contributed by atoms with Crippen molar-refractivity contribution in [1.29, 1.82) is 0 Å². The summed E-state index contributed by atoms with van der Waals surface area (Å²) < 4.78 is 0. The van der Waals surface area contributed by atoms with Gasteiger partial charge < -0.3 is 20.7 Å². The second-order valence-electron chi connectivity index (χ2n) is 8.11. The third-order valence-electron chi connectivity index (χ3n) is 5.40. The first-order chi connectivity index (χ1) is 15.9. The Hall–Kier alpha value is -4.14. The maximum Gasteiger partial charge on any atom is 0.326 e. The Morgan fingerprint density at radius 3 is 2.48 bits per heavy atom. The third kappa shape index (κ3) is 5.38. The Morgan fingerprint density at radius 1 is 1.12 bits per heavy atom. The molecule has 0 saturated carbocycles. The van der Waals surface area contributed by atoms with Crippen LogP contribution < -0.4 is 10.6 Å². The number of benzene rings is 2. The Morgan fingerprint density at radius 2 is 1.85 bits per heavy atom. The zero-order chi connectivity index (χ0) is 23.4. The summed E-state index contributed by atoms with van der Waals surface area (Å²) in [5, 5.41) is 23.3. The number of carboxylic acids is 1. The highest BCUT2D eigenvalue weighted by molar-refractivity contribution is 5.79. The number of imidazole rings is 1. The van der Waals surface area contributed by atoms with Crippen molar-refractivity contribution >= 4 is 17.6 Å². The minimum Gasteiger partial charge on any atom is -0.480 e. The number of carbonyl (C=O) groups is 1. The number of aromatic amines is 2. The van der Waals surface area contributed by atoms with Crippen LogP contribution in [-0.2, 0) is 17.8 Å². The zero-order valence-corrected chi connectivity index (χ0v) is 18.8. The standard InChI is InChI=1S/C24H27N7O2/c1-14-10-15(2)21(16(3)11-14)28-19(23(32)33)12-17-4-6-18(7-5-17)22-29-20(30-31-22)13-27-24-25-8-9-26-24/h4-11,19,28H,12-13H2,1-3H3,(H,32,33)(H2,25,26,27)(H,29,30,31). The summed E-state index contributed by atoms with van der Waals surface area (Å²) in [6.45, 7) is 6.48. The van der Waals surface area contributed by atoms with E-state index in [0.717, 1.165) is 33.5 Å². The molecule has 0 aliphatic carbocycles. The number of rotatable bonds is 9. The second kappa shape index (κ2) is 9.56. The van der Waals surface area contributed by atoms with Gasteiger partial charge in [-0.05, 0) is 37.5 Å². The van der Waals surface area contributed by atoms with Crippen LogP contribution in [0, 0.1) is 20.8 Å². The molecule has 33 heavy (non-hydrogen) atoms. The van der Waals surface area contributed by atoms with Crippen molar-refractivity contribution in [3.05, 3.63) is 76.9 Å². The topological polar surface area (TPSA) is 132 Å². The summed E-state index contributed by atoms with van der Waals surface area (Å²) in [5.41, 5.74) is 5.87. The number of nitrogens with zero attached hydrogens (tertiary/aromatic N) is 3. The molecule has 0 aliphatic rings. The fourth-order valence-electron chi connectivity index (χ4n) is 3.84. The molecule has 0 radical (unpaired) electrons. The van der Waals surface area contributed by atoms with Crippen molar-refractivity contribution in [2.45, 2.75) is 39.8 Å². The molecular formula is C24H27N7O2. The van der Waals surface area contributed by atoms with E-state index in [1.807, 2.05) is 45.0 Å². The molecule has 9 nitrogen and oxygen atoms in total. The van der Waals surface area contributed by atoms with Gasteiger partial charge in [0, 0.05) is 30.1 Å². The lowest BCUT2D eigenvalue weighted by Crippen LogP contribution is -2.32. The molecule has 0 aliphatic heterocycles. The maximum atomic E-state index is 11.9. The van der Waals surface area contributed by atoms with Gasteiger partial charge in [0.25, 0.3) is 0 Å². The van der Waals surface area contributed by atoms with Gasteiger partial charge in [-0.3, -0.25) is 5.10 Å². The van der Waals surface area contributed by atoms with Gasteiger partial charge in [-0.25, -0.2) is 14.8 Å². The van der Waals surface area contributed by atoms with Gasteiger partial charge in [-0.1, -0.05) is 42.0 Å². The van der Waals surface area contributed by atoms with E-state index in [1.54, 1.807) is 12.4 Å². The molecule has 2 heterocycles. The fraction of sp³-hybridized carbons (Fsp3) is 0.250. The highest BCUT2D eigenvalue weighted by Crippen LogP contribution is 2.24. The SMILES string of the molecule is Cc1cc(C)c(NC(Cc2ccc(-c3n[nH]c(CNc4ncc[nH]4)n3)cc2)C(=O)O)c(C)c1. The van der Waals surface area contributed by atoms with Crippen molar-refractivity contribution in [1.82, 2.24) is 25.1 Å². The van der Waals surface area contributed by atoms with Crippen molar-refractivity contribution < 1.29 is 9.90 Å². The van der Waals surface area contributed by atoms with E-state index in [2.05, 4.69) is 47.9 Å². The molecule has 170 valence electrons. The van der Waals surface area contributed by atoms with E-state index < -0.39 is 12.0 Å². The molecule has 0 spiro atoms. The molecule has 0 fully saturated rings. The van der Waals surface area contributed by atoms with Gasteiger partial charge in [-0.15, -0.1) is 0 Å². The van der Waals surface area contributed by atoms with Crippen LogP contribution in [0.1, 0.15) is 28.1 Å². The minimum atomic E-state index is -0.888. The predicted molar refractivity (Wildman–Crippen MR) is 127 cm³/mol. The maximum absolute atomic E-state index is 11.9. The van der Waals surface area contributed by atoms with Crippen LogP contribution in [0.3, 0.4) is 0 Å². The molecule has 1 unspecified atom stereocenters. The summed E-state index contributed by atoms with van der Waals surface area (Å²) in [6, 6.07) is 11.0. The number of H-pyrrole nitrogens is 2. The molecule has 0 bridgehead atoms. The smallest absolute Gasteiger partial charge is 0.326 e. The molecule has 2 aromatic heterocycles. The monoisotopic (exact) mass is 445 g/mol. The first kappa shape index (κ1) is 22.1. The highest BCUT2D eigenvalue weighted by atomic mass is 16.4. The fourth-order valence-corrected chi connectivity index (χ4v) is 3.84. The zero-order valence-electron chi connectivity index (χ0n) is 18.8. The number of carboxylic acid groups (broad SMARTS) is 1. The Balaban J connectivity index is 1.42. The summed E-state index contributed by atoms with van der Waals surface area (Å²) in [4.78, 5) is 23.5. The van der Waals surface area contributed by atoms with Gasteiger partial charge in [0.2, 0.25) is 0 Å². The van der Waals surface area contributed by atoms with Crippen LogP contribution >= 0.6 is 0 Å². The van der Waals surface area contributed by atoms with E-state index >= 15 is 0 Å². The Labute approximate surface area is 191 Å². The summed E-state index contributed by atoms with van der Waals surface area (Å²) in [7, 11) is 0.